The number of hydrogen-bond acceptors (Lipinski definition) is 2. The number of aryl methyl sites for hydroxylation is 1. The second-order valence-corrected chi connectivity index (χ2v) is 4.75. The van der Waals surface area contributed by atoms with E-state index in [1.54, 1.807) is 16.8 Å². The van der Waals surface area contributed by atoms with Crippen LogP contribution in [0.2, 0.25) is 0 Å². The van der Waals surface area contributed by atoms with Crippen LogP contribution in [0.25, 0.3) is 5.78 Å². The topological polar surface area (TPSA) is 39.3 Å². The maximum absolute atomic E-state index is 11.7. The quantitative estimate of drug-likeness (QED) is 0.703. The van der Waals surface area contributed by atoms with Crippen LogP contribution in [-0.4, -0.2) is 14.0 Å². The van der Waals surface area contributed by atoms with Crippen molar-refractivity contribution in [3.63, 3.8) is 0 Å². The van der Waals surface area contributed by atoms with E-state index in [2.05, 4.69) is 37.0 Å². The zero-order valence-corrected chi connectivity index (χ0v) is 10.9. The molecule has 0 N–H and O–H groups in total. The number of hydrogen-bond donors (Lipinski definition) is 0. The van der Waals surface area contributed by atoms with Gasteiger partial charge in [0.2, 0.25) is 5.78 Å². The minimum atomic E-state index is -0.0554. The first-order valence-electron chi connectivity index (χ1n) is 6.27. The Labute approximate surface area is 111 Å². The van der Waals surface area contributed by atoms with Gasteiger partial charge in [-0.05, 0) is 19.4 Å². The lowest BCUT2D eigenvalue weighted by molar-refractivity contribution is 0.651. The minimum absolute atomic E-state index is 0.0554. The Kier molecular flexibility index (Phi) is 2.71. The van der Waals surface area contributed by atoms with Gasteiger partial charge in [0.25, 0.3) is 5.56 Å². The third kappa shape index (κ3) is 1.95. The average Bonchev–Trinajstić information content (AvgIpc) is 2.83. The molecule has 3 rings (SSSR count). The van der Waals surface area contributed by atoms with Crippen molar-refractivity contribution in [1.29, 1.82) is 0 Å². The van der Waals surface area contributed by atoms with E-state index in [1.807, 2.05) is 16.8 Å². The summed E-state index contributed by atoms with van der Waals surface area (Å²) < 4.78 is 3.57. The van der Waals surface area contributed by atoms with E-state index in [-0.39, 0.29) is 11.6 Å². The molecular formula is C15H15N3O. The molecule has 0 bridgehead atoms. The van der Waals surface area contributed by atoms with Gasteiger partial charge >= 0.3 is 0 Å². The van der Waals surface area contributed by atoms with Crippen LogP contribution >= 0.6 is 0 Å². The molecule has 0 aliphatic carbocycles. The smallest absolute Gasteiger partial charge is 0.258 e. The summed E-state index contributed by atoms with van der Waals surface area (Å²) in [5.41, 5.74) is 2.38. The average molecular weight is 253 g/mol. The Bertz CT molecular complexity index is 785. The molecule has 4 nitrogen and oxygen atoms in total. The molecule has 0 aliphatic rings. The zero-order valence-electron chi connectivity index (χ0n) is 10.9. The predicted octanol–water partition coefficient (Wildman–Crippen LogP) is 2.41. The molecule has 0 spiro atoms. The van der Waals surface area contributed by atoms with Crippen LogP contribution in [0.3, 0.4) is 0 Å². The summed E-state index contributed by atoms with van der Waals surface area (Å²) in [6.45, 7) is 4.18. The van der Waals surface area contributed by atoms with E-state index in [9.17, 15) is 4.79 Å². The van der Waals surface area contributed by atoms with Gasteiger partial charge in [0.15, 0.2) is 0 Å². The molecule has 0 fully saturated rings. The normalized spacial score (nSPS) is 12.7. The third-order valence-corrected chi connectivity index (χ3v) is 3.41. The summed E-state index contributed by atoms with van der Waals surface area (Å²) >= 11 is 0. The van der Waals surface area contributed by atoms with Gasteiger partial charge < -0.3 is 4.57 Å². The molecule has 0 radical (unpaired) electrons. The number of rotatable bonds is 2. The van der Waals surface area contributed by atoms with Crippen molar-refractivity contribution in [3.05, 3.63) is 70.4 Å². The summed E-state index contributed by atoms with van der Waals surface area (Å²) in [7, 11) is 0. The molecule has 0 saturated heterocycles. The van der Waals surface area contributed by atoms with Crippen LogP contribution < -0.4 is 5.56 Å². The number of imidazole rings is 1. The van der Waals surface area contributed by atoms with Gasteiger partial charge in [-0.25, -0.2) is 4.98 Å². The number of benzene rings is 1. The Hall–Kier alpha value is -2.36. The summed E-state index contributed by atoms with van der Waals surface area (Å²) in [4.78, 5) is 16.0. The second-order valence-electron chi connectivity index (χ2n) is 4.75. The first-order chi connectivity index (χ1) is 9.16. The summed E-state index contributed by atoms with van der Waals surface area (Å²) in [5.74, 6) is 0.668. The van der Waals surface area contributed by atoms with Crippen LogP contribution in [0.1, 0.15) is 24.1 Å². The molecule has 0 amide bonds. The van der Waals surface area contributed by atoms with E-state index < -0.39 is 0 Å². The third-order valence-electron chi connectivity index (χ3n) is 3.41. The van der Waals surface area contributed by atoms with Crippen LogP contribution in [0.4, 0.5) is 0 Å². The largest absolute Gasteiger partial charge is 0.310 e. The molecule has 2 heterocycles. The standard InChI is InChI=1S/C15H15N3O/c1-11-4-3-5-13(10-11)12(2)17-8-9-18-14(19)6-7-16-15(17)18/h3-10,12H,1-2H3. The van der Waals surface area contributed by atoms with E-state index in [1.165, 1.54) is 17.2 Å². The number of nitrogens with zero attached hydrogens (tertiary/aromatic N) is 3. The molecular weight excluding hydrogens is 238 g/mol. The molecule has 2 aromatic heterocycles. The summed E-state index contributed by atoms with van der Waals surface area (Å²) in [5, 5.41) is 0. The highest BCUT2D eigenvalue weighted by molar-refractivity contribution is 5.34. The van der Waals surface area contributed by atoms with Crippen molar-refractivity contribution in [3.8, 4) is 0 Å². The molecule has 96 valence electrons. The van der Waals surface area contributed by atoms with Crippen molar-refractivity contribution in [2.45, 2.75) is 19.9 Å². The first kappa shape index (κ1) is 11.7. The minimum Gasteiger partial charge on any atom is -0.310 e. The van der Waals surface area contributed by atoms with Gasteiger partial charge in [-0.2, -0.15) is 0 Å². The molecule has 0 aliphatic heterocycles. The lowest BCUT2D eigenvalue weighted by Gasteiger charge is -2.15. The predicted molar refractivity (Wildman–Crippen MR) is 74.4 cm³/mol. The van der Waals surface area contributed by atoms with E-state index >= 15 is 0 Å². The molecule has 1 atom stereocenters. The molecule has 4 heteroatoms. The molecule has 19 heavy (non-hydrogen) atoms. The lowest BCUT2D eigenvalue weighted by atomic mass is 10.1. The molecule has 0 saturated carbocycles. The van der Waals surface area contributed by atoms with Gasteiger partial charge in [0.05, 0.1) is 6.04 Å². The van der Waals surface area contributed by atoms with Gasteiger partial charge in [-0.3, -0.25) is 9.20 Å². The van der Waals surface area contributed by atoms with Crippen LogP contribution in [0.15, 0.2) is 53.7 Å². The highest BCUT2D eigenvalue weighted by Gasteiger charge is 2.11. The van der Waals surface area contributed by atoms with Gasteiger partial charge in [-0.15, -0.1) is 0 Å². The van der Waals surface area contributed by atoms with E-state index in [4.69, 9.17) is 0 Å². The lowest BCUT2D eigenvalue weighted by Crippen LogP contribution is -2.14. The fraction of sp³-hybridized carbons (Fsp3) is 0.200. The fourth-order valence-electron chi connectivity index (χ4n) is 2.34. The van der Waals surface area contributed by atoms with Crippen LogP contribution in [0, 0.1) is 6.92 Å². The van der Waals surface area contributed by atoms with Crippen LogP contribution in [-0.2, 0) is 0 Å². The summed E-state index contributed by atoms with van der Waals surface area (Å²) in [6, 6.07) is 9.98. The Morgan fingerprint density at radius 2 is 2.05 bits per heavy atom. The maximum Gasteiger partial charge on any atom is 0.258 e. The van der Waals surface area contributed by atoms with Crippen molar-refractivity contribution in [2.75, 3.05) is 0 Å². The number of fused-ring (bicyclic) bond motifs is 1. The van der Waals surface area contributed by atoms with E-state index in [0.29, 0.717) is 5.78 Å². The van der Waals surface area contributed by atoms with Crippen molar-refractivity contribution in [2.24, 2.45) is 0 Å². The first-order valence-corrected chi connectivity index (χ1v) is 6.27. The molecule has 1 aromatic carbocycles. The van der Waals surface area contributed by atoms with E-state index in [0.717, 1.165) is 0 Å². The Morgan fingerprint density at radius 3 is 2.84 bits per heavy atom. The summed E-state index contributed by atoms with van der Waals surface area (Å²) in [6.07, 6.45) is 5.21. The van der Waals surface area contributed by atoms with Crippen LogP contribution in [0.5, 0.6) is 0 Å². The maximum atomic E-state index is 11.7. The molecule has 1 unspecified atom stereocenters. The van der Waals surface area contributed by atoms with Crippen molar-refractivity contribution >= 4 is 5.78 Å². The van der Waals surface area contributed by atoms with Gasteiger partial charge in [0.1, 0.15) is 0 Å². The van der Waals surface area contributed by atoms with Gasteiger partial charge in [0, 0.05) is 24.7 Å². The Morgan fingerprint density at radius 1 is 1.21 bits per heavy atom. The van der Waals surface area contributed by atoms with Crippen molar-refractivity contribution < 1.29 is 0 Å². The Balaban J connectivity index is 2.14. The SMILES string of the molecule is Cc1cccc(C(C)n2ccn3c(=O)ccnc23)c1. The highest BCUT2D eigenvalue weighted by atomic mass is 16.1. The zero-order chi connectivity index (χ0) is 13.4. The monoisotopic (exact) mass is 253 g/mol. The fourth-order valence-corrected chi connectivity index (χ4v) is 2.34. The highest BCUT2D eigenvalue weighted by Crippen LogP contribution is 2.20. The number of aromatic nitrogens is 3. The van der Waals surface area contributed by atoms with Crippen molar-refractivity contribution in [1.82, 2.24) is 14.0 Å². The molecule has 3 aromatic rings. The van der Waals surface area contributed by atoms with Gasteiger partial charge in [-0.1, -0.05) is 29.8 Å². The second kappa shape index (κ2) is 4.39.